The smallest absolute Gasteiger partial charge is 0.345 e. The fourth-order valence-electron chi connectivity index (χ4n) is 1.06. The number of hydrogen-bond donors (Lipinski definition) is 0. The second kappa shape index (κ2) is 5.96. The lowest BCUT2D eigenvalue weighted by molar-refractivity contribution is -0.138. The number of carbonyl (C=O) groups excluding carboxylic acids is 2. The van der Waals surface area contributed by atoms with Crippen LogP contribution in [0.25, 0.3) is 0 Å². The number of unbranched alkanes of at least 4 members (excludes halogenated alkanes) is 1. The lowest BCUT2D eigenvalue weighted by Gasteiger charge is -2.01. The zero-order valence-electron chi connectivity index (χ0n) is 8.44. The third kappa shape index (κ3) is 3.94. The van der Waals surface area contributed by atoms with Gasteiger partial charge in [0.15, 0.2) is 0 Å². The number of esters is 2. The van der Waals surface area contributed by atoms with Crippen LogP contribution >= 0.6 is 0 Å². The molecule has 3 nitrogen and oxygen atoms in total. The van der Waals surface area contributed by atoms with Gasteiger partial charge in [-0.2, -0.15) is 0 Å². The molecule has 1 rings (SSSR count). The first-order chi connectivity index (χ1) is 7.24. The minimum atomic E-state index is -0.593. The van der Waals surface area contributed by atoms with Gasteiger partial charge in [-0.25, -0.2) is 4.79 Å². The Hall–Kier alpha value is -1.64. The summed E-state index contributed by atoms with van der Waals surface area (Å²) in [5.41, 5.74) is 0.389. The molecule has 0 aliphatic heterocycles. The summed E-state index contributed by atoms with van der Waals surface area (Å²) in [5, 5.41) is 0. The second-order valence-corrected chi connectivity index (χ2v) is 3.08. The van der Waals surface area contributed by atoms with Crippen LogP contribution in [0.1, 0.15) is 29.6 Å². The lowest BCUT2D eigenvalue weighted by atomic mass is 10.2. The first-order valence-electron chi connectivity index (χ1n) is 4.83. The minimum Gasteiger partial charge on any atom is -0.389 e. The highest BCUT2D eigenvalue weighted by Gasteiger charge is 2.11. The van der Waals surface area contributed by atoms with Gasteiger partial charge in [-0.15, -0.1) is 0 Å². The zero-order valence-corrected chi connectivity index (χ0v) is 8.44. The summed E-state index contributed by atoms with van der Waals surface area (Å²) < 4.78 is 4.63. The van der Waals surface area contributed by atoms with E-state index in [2.05, 4.69) is 11.7 Å². The van der Waals surface area contributed by atoms with Gasteiger partial charge in [0.2, 0.25) is 0 Å². The van der Waals surface area contributed by atoms with Crippen LogP contribution in [0.4, 0.5) is 0 Å². The summed E-state index contributed by atoms with van der Waals surface area (Å²) in [5.74, 6) is -1.09. The quantitative estimate of drug-likeness (QED) is 0.560. The van der Waals surface area contributed by atoms with Crippen molar-refractivity contribution in [2.75, 3.05) is 0 Å². The molecule has 0 aliphatic rings. The lowest BCUT2D eigenvalue weighted by Crippen LogP contribution is -2.12. The van der Waals surface area contributed by atoms with Crippen LogP contribution in [0, 0.1) is 6.92 Å². The van der Waals surface area contributed by atoms with Gasteiger partial charge in [-0.3, -0.25) is 4.79 Å². The largest absolute Gasteiger partial charge is 0.389 e. The van der Waals surface area contributed by atoms with Crippen LogP contribution in [-0.4, -0.2) is 11.9 Å². The predicted molar refractivity (Wildman–Crippen MR) is 56.1 cm³/mol. The van der Waals surface area contributed by atoms with E-state index < -0.39 is 11.9 Å². The molecule has 0 fully saturated rings. The molecule has 0 aliphatic carbocycles. The minimum absolute atomic E-state index is 0.238. The summed E-state index contributed by atoms with van der Waals surface area (Å²) >= 11 is 0. The molecule has 0 amide bonds. The zero-order chi connectivity index (χ0) is 11.1. The molecular weight excluding hydrogens is 192 g/mol. The van der Waals surface area contributed by atoms with E-state index >= 15 is 0 Å². The van der Waals surface area contributed by atoms with E-state index in [1.807, 2.05) is 0 Å². The first-order valence-corrected chi connectivity index (χ1v) is 4.83. The molecule has 1 radical (unpaired) electrons. The Bertz CT molecular complexity index is 330. The van der Waals surface area contributed by atoms with Crippen molar-refractivity contribution in [3.8, 4) is 0 Å². The molecule has 3 heteroatoms. The van der Waals surface area contributed by atoms with Gasteiger partial charge in [0, 0.05) is 6.42 Å². The third-order valence-corrected chi connectivity index (χ3v) is 1.85. The number of hydrogen-bond acceptors (Lipinski definition) is 3. The Kier molecular flexibility index (Phi) is 4.54. The fourth-order valence-corrected chi connectivity index (χ4v) is 1.06. The Balaban J connectivity index is 2.46. The molecule has 0 saturated heterocycles. The van der Waals surface area contributed by atoms with Gasteiger partial charge >= 0.3 is 11.9 Å². The van der Waals surface area contributed by atoms with Gasteiger partial charge in [-0.1, -0.05) is 31.5 Å². The Morgan fingerprint density at radius 3 is 2.47 bits per heavy atom. The van der Waals surface area contributed by atoms with Crippen LogP contribution in [0.5, 0.6) is 0 Å². The van der Waals surface area contributed by atoms with Crippen LogP contribution < -0.4 is 0 Å². The molecule has 0 saturated carbocycles. The first kappa shape index (κ1) is 11.4. The molecule has 1 aromatic rings. The van der Waals surface area contributed by atoms with Crippen molar-refractivity contribution < 1.29 is 14.3 Å². The van der Waals surface area contributed by atoms with Crippen molar-refractivity contribution in [2.24, 2.45) is 0 Å². The molecule has 0 aromatic heterocycles. The molecule has 0 unspecified atom stereocenters. The highest BCUT2D eigenvalue weighted by atomic mass is 16.6. The van der Waals surface area contributed by atoms with Gasteiger partial charge < -0.3 is 4.74 Å². The maximum Gasteiger partial charge on any atom is 0.345 e. The molecule has 0 heterocycles. The molecule has 0 atom stereocenters. The van der Waals surface area contributed by atoms with Crippen molar-refractivity contribution in [3.63, 3.8) is 0 Å². The van der Waals surface area contributed by atoms with Crippen LogP contribution in [0.2, 0.25) is 0 Å². The summed E-state index contributed by atoms with van der Waals surface area (Å²) in [6.07, 6.45) is 1.54. The number of benzene rings is 1. The van der Waals surface area contributed by atoms with E-state index in [0.29, 0.717) is 18.4 Å². The Morgan fingerprint density at radius 2 is 1.87 bits per heavy atom. The standard InChI is InChI=1S/C12H13O3/c1-2-3-9-11(13)15-12(14)10-7-5-4-6-8-10/h4-8H,1-3,9H2. The average Bonchev–Trinajstić information content (AvgIpc) is 2.27. The van der Waals surface area contributed by atoms with E-state index in [-0.39, 0.29) is 6.42 Å². The molecule has 0 spiro atoms. The van der Waals surface area contributed by atoms with Gasteiger partial charge in [0.05, 0.1) is 5.56 Å². The van der Waals surface area contributed by atoms with E-state index in [0.717, 1.165) is 0 Å². The van der Waals surface area contributed by atoms with Gasteiger partial charge in [-0.05, 0) is 18.6 Å². The van der Waals surface area contributed by atoms with Gasteiger partial charge in [0.1, 0.15) is 0 Å². The van der Waals surface area contributed by atoms with Crippen LogP contribution in [0.15, 0.2) is 30.3 Å². The number of carbonyl (C=O) groups is 2. The fraction of sp³-hybridized carbons (Fsp3) is 0.250. The molecule has 1 aromatic carbocycles. The Labute approximate surface area is 89.1 Å². The molecule has 15 heavy (non-hydrogen) atoms. The van der Waals surface area contributed by atoms with E-state index in [4.69, 9.17) is 0 Å². The van der Waals surface area contributed by atoms with Crippen molar-refractivity contribution in [2.45, 2.75) is 19.3 Å². The maximum absolute atomic E-state index is 11.4. The molecule has 0 bridgehead atoms. The monoisotopic (exact) mass is 205 g/mol. The van der Waals surface area contributed by atoms with Crippen molar-refractivity contribution in [1.29, 1.82) is 0 Å². The second-order valence-electron chi connectivity index (χ2n) is 3.08. The van der Waals surface area contributed by atoms with Crippen molar-refractivity contribution >= 4 is 11.9 Å². The summed E-state index contributed by atoms with van der Waals surface area (Å²) in [7, 11) is 0. The van der Waals surface area contributed by atoms with E-state index in [1.165, 1.54) is 0 Å². The molecular formula is C12H13O3. The predicted octanol–water partition coefficient (Wildman–Crippen LogP) is 2.37. The number of ether oxygens (including phenoxy) is 1. The van der Waals surface area contributed by atoms with Crippen LogP contribution in [0.3, 0.4) is 0 Å². The van der Waals surface area contributed by atoms with Crippen molar-refractivity contribution in [1.82, 2.24) is 0 Å². The topological polar surface area (TPSA) is 43.4 Å². The normalized spacial score (nSPS) is 9.67. The van der Waals surface area contributed by atoms with Crippen LogP contribution in [-0.2, 0) is 9.53 Å². The van der Waals surface area contributed by atoms with Crippen molar-refractivity contribution in [3.05, 3.63) is 42.8 Å². The summed E-state index contributed by atoms with van der Waals surface area (Å²) in [6, 6.07) is 8.45. The van der Waals surface area contributed by atoms with E-state index in [1.54, 1.807) is 30.3 Å². The SMILES string of the molecule is [CH2]CCCC(=O)OC(=O)c1ccccc1. The summed E-state index contributed by atoms with van der Waals surface area (Å²) in [6.45, 7) is 3.60. The number of rotatable bonds is 4. The highest BCUT2D eigenvalue weighted by molar-refractivity contribution is 5.96. The molecule has 0 N–H and O–H groups in total. The third-order valence-electron chi connectivity index (χ3n) is 1.85. The maximum atomic E-state index is 11.4. The average molecular weight is 205 g/mol. The van der Waals surface area contributed by atoms with Gasteiger partial charge in [0.25, 0.3) is 0 Å². The highest BCUT2D eigenvalue weighted by Crippen LogP contribution is 2.03. The van der Waals surface area contributed by atoms with E-state index in [9.17, 15) is 9.59 Å². The summed E-state index contributed by atoms with van der Waals surface area (Å²) in [4.78, 5) is 22.5. The molecule has 79 valence electrons. The Morgan fingerprint density at radius 1 is 1.20 bits per heavy atom.